The van der Waals surface area contributed by atoms with Gasteiger partial charge in [0.25, 0.3) is 0 Å². The predicted octanol–water partition coefficient (Wildman–Crippen LogP) is 3.45. The van der Waals surface area contributed by atoms with E-state index in [1.807, 2.05) is 0 Å². The van der Waals surface area contributed by atoms with Crippen LogP contribution in [0.5, 0.6) is 0 Å². The van der Waals surface area contributed by atoms with Gasteiger partial charge >= 0.3 is 0 Å². The van der Waals surface area contributed by atoms with Gasteiger partial charge in [-0.15, -0.1) is 0 Å². The van der Waals surface area contributed by atoms with Crippen LogP contribution in [0, 0.1) is 0 Å². The third-order valence-corrected chi connectivity index (χ3v) is 3.62. The van der Waals surface area contributed by atoms with Gasteiger partial charge in [-0.3, -0.25) is 0 Å². The molecule has 1 aromatic rings. The summed E-state index contributed by atoms with van der Waals surface area (Å²) in [4.78, 5) is 0. The van der Waals surface area contributed by atoms with Crippen LogP contribution >= 0.6 is 0 Å². The molecule has 0 aliphatic rings. The standard InChI is InChI=1S/C17H29NO/c1-2-3-7-15-10-12-16(13-11-15)8-5-4-6-9-17(18)14-19/h10-13,17,19H,2-9,14,18H2,1H3. The van der Waals surface area contributed by atoms with Gasteiger partial charge < -0.3 is 10.8 Å². The van der Waals surface area contributed by atoms with E-state index in [9.17, 15) is 0 Å². The molecule has 1 rings (SSSR count). The normalized spacial score (nSPS) is 12.6. The number of aryl methyl sites for hydroxylation is 2. The maximum atomic E-state index is 8.83. The average molecular weight is 263 g/mol. The molecular formula is C17H29NO. The third-order valence-electron chi connectivity index (χ3n) is 3.62. The van der Waals surface area contributed by atoms with Crippen molar-refractivity contribution in [2.75, 3.05) is 6.61 Å². The second kappa shape index (κ2) is 9.99. The molecule has 0 amide bonds. The number of aliphatic hydroxyl groups excluding tert-OH is 1. The minimum atomic E-state index is -0.0298. The highest BCUT2D eigenvalue weighted by molar-refractivity contribution is 5.22. The number of hydrogen-bond donors (Lipinski definition) is 2. The van der Waals surface area contributed by atoms with Crippen molar-refractivity contribution in [2.24, 2.45) is 5.73 Å². The Bertz CT molecular complexity index is 321. The van der Waals surface area contributed by atoms with Gasteiger partial charge in [-0.25, -0.2) is 0 Å². The van der Waals surface area contributed by atoms with E-state index >= 15 is 0 Å². The van der Waals surface area contributed by atoms with Crippen molar-refractivity contribution in [3.8, 4) is 0 Å². The Morgan fingerprint density at radius 3 is 2.05 bits per heavy atom. The van der Waals surface area contributed by atoms with E-state index in [-0.39, 0.29) is 12.6 Å². The summed E-state index contributed by atoms with van der Waals surface area (Å²) in [7, 11) is 0. The molecule has 3 N–H and O–H groups in total. The van der Waals surface area contributed by atoms with Crippen molar-refractivity contribution in [1.29, 1.82) is 0 Å². The first-order valence-electron chi connectivity index (χ1n) is 7.70. The molecule has 1 unspecified atom stereocenters. The van der Waals surface area contributed by atoms with Gasteiger partial charge in [0.05, 0.1) is 6.61 Å². The van der Waals surface area contributed by atoms with Crippen molar-refractivity contribution >= 4 is 0 Å². The molecular weight excluding hydrogens is 234 g/mol. The molecule has 0 aromatic heterocycles. The Kier molecular flexibility index (Phi) is 8.52. The molecule has 1 atom stereocenters. The van der Waals surface area contributed by atoms with Crippen LogP contribution < -0.4 is 5.73 Å². The molecule has 0 heterocycles. The van der Waals surface area contributed by atoms with Gasteiger partial charge in [-0.05, 0) is 43.2 Å². The zero-order valence-corrected chi connectivity index (χ0v) is 12.3. The van der Waals surface area contributed by atoms with Crippen molar-refractivity contribution in [1.82, 2.24) is 0 Å². The summed E-state index contributed by atoms with van der Waals surface area (Å²) in [5.74, 6) is 0. The number of rotatable bonds is 10. The summed E-state index contributed by atoms with van der Waals surface area (Å²) in [6.45, 7) is 2.34. The summed E-state index contributed by atoms with van der Waals surface area (Å²) in [5, 5.41) is 8.83. The number of aliphatic hydroxyl groups is 1. The molecule has 108 valence electrons. The summed E-state index contributed by atoms with van der Waals surface area (Å²) in [6, 6.07) is 9.05. The van der Waals surface area contributed by atoms with Gasteiger partial charge in [0, 0.05) is 6.04 Å². The molecule has 1 aromatic carbocycles. The second-order valence-electron chi connectivity index (χ2n) is 5.46. The maximum Gasteiger partial charge on any atom is 0.0582 e. The van der Waals surface area contributed by atoms with Crippen LogP contribution in [0.4, 0.5) is 0 Å². The van der Waals surface area contributed by atoms with Gasteiger partial charge in [0.2, 0.25) is 0 Å². The number of nitrogens with two attached hydrogens (primary N) is 1. The minimum absolute atomic E-state index is 0.0298. The summed E-state index contributed by atoms with van der Waals surface area (Å²) < 4.78 is 0. The van der Waals surface area contributed by atoms with E-state index < -0.39 is 0 Å². The smallest absolute Gasteiger partial charge is 0.0582 e. The van der Waals surface area contributed by atoms with Crippen molar-refractivity contribution in [3.05, 3.63) is 35.4 Å². The lowest BCUT2D eigenvalue weighted by molar-refractivity contribution is 0.257. The van der Waals surface area contributed by atoms with E-state index in [2.05, 4.69) is 31.2 Å². The highest BCUT2D eigenvalue weighted by Gasteiger charge is 2.00. The highest BCUT2D eigenvalue weighted by Crippen LogP contribution is 2.11. The van der Waals surface area contributed by atoms with E-state index in [0.29, 0.717) is 0 Å². The molecule has 2 nitrogen and oxygen atoms in total. The van der Waals surface area contributed by atoms with Gasteiger partial charge in [-0.1, -0.05) is 50.5 Å². The quantitative estimate of drug-likeness (QED) is 0.635. The summed E-state index contributed by atoms with van der Waals surface area (Å²) in [5.41, 5.74) is 8.57. The zero-order valence-electron chi connectivity index (χ0n) is 12.3. The van der Waals surface area contributed by atoms with E-state index in [4.69, 9.17) is 10.8 Å². The molecule has 0 bridgehead atoms. The number of unbranched alkanes of at least 4 members (excludes halogenated alkanes) is 3. The Balaban J connectivity index is 2.15. The van der Waals surface area contributed by atoms with Crippen LogP contribution in [0.25, 0.3) is 0 Å². The van der Waals surface area contributed by atoms with Crippen LogP contribution in [0.3, 0.4) is 0 Å². The largest absolute Gasteiger partial charge is 0.395 e. The molecule has 0 spiro atoms. The van der Waals surface area contributed by atoms with Crippen molar-refractivity contribution in [3.63, 3.8) is 0 Å². The molecule has 0 saturated heterocycles. The van der Waals surface area contributed by atoms with Crippen LogP contribution in [0.1, 0.15) is 56.6 Å². The fraction of sp³-hybridized carbons (Fsp3) is 0.647. The van der Waals surface area contributed by atoms with E-state index in [1.54, 1.807) is 0 Å². The number of benzene rings is 1. The van der Waals surface area contributed by atoms with E-state index in [0.717, 1.165) is 19.3 Å². The molecule has 0 radical (unpaired) electrons. The Morgan fingerprint density at radius 1 is 0.947 bits per heavy atom. The first-order chi connectivity index (χ1) is 9.26. The highest BCUT2D eigenvalue weighted by atomic mass is 16.3. The fourth-order valence-electron chi connectivity index (χ4n) is 2.26. The molecule has 0 aliphatic carbocycles. The molecule has 0 aliphatic heterocycles. The molecule has 0 fully saturated rings. The second-order valence-corrected chi connectivity index (χ2v) is 5.46. The lowest BCUT2D eigenvalue weighted by Gasteiger charge is -2.07. The molecule has 0 saturated carbocycles. The lowest BCUT2D eigenvalue weighted by Crippen LogP contribution is -2.23. The minimum Gasteiger partial charge on any atom is -0.395 e. The Labute approximate surface area is 118 Å². The third kappa shape index (κ3) is 7.34. The van der Waals surface area contributed by atoms with Gasteiger partial charge in [0.1, 0.15) is 0 Å². The molecule has 2 heteroatoms. The van der Waals surface area contributed by atoms with Crippen molar-refractivity contribution in [2.45, 2.75) is 64.3 Å². The number of hydrogen-bond acceptors (Lipinski definition) is 2. The van der Waals surface area contributed by atoms with Gasteiger partial charge in [-0.2, -0.15) is 0 Å². The first-order valence-corrected chi connectivity index (χ1v) is 7.70. The predicted molar refractivity (Wildman–Crippen MR) is 82.3 cm³/mol. The average Bonchev–Trinajstić information content (AvgIpc) is 2.45. The van der Waals surface area contributed by atoms with Crippen LogP contribution in [-0.4, -0.2) is 17.8 Å². The summed E-state index contributed by atoms with van der Waals surface area (Å²) in [6.07, 6.45) is 9.38. The first kappa shape index (κ1) is 16.2. The van der Waals surface area contributed by atoms with E-state index in [1.165, 1.54) is 43.2 Å². The maximum absolute atomic E-state index is 8.83. The molecule has 19 heavy (non-hydrogen) atoms. The topological polar surface area (TPSA) is 46.2 Å². The summed E-state index contributed by atoms with van der Waals surface area (Å²) >= 11 is 0. The zero-order chi connectivity index (χ0) is 13.9. The van der Waals surface area contributed by atoms with Crippen LogP contribution in [-0.2, 0) is 12.8 Å². The Hall–Kier alpha value is -0.860. The lowest BCUT2D eigenvalue weighted by atomic mass is 10.0. The van der Waals surface area contributed by atoms with Crippen LogP contribution in [0.2, 0.25) is 0 Å². The monoisotopic (exact) mass is 263 g/mol. The van der Waals surface area contributed by atoms with Crippen LogP contribution in [0.15, 0.2) is 24.3 Å². The van der Waals surface area contributed by atoms with Crippen molar-refractivity contribution < 1.29 is 5.11 Å². The van der Waals surface area contributed by atoms with Gasteiger partial charge in [0.15, 0.2) is 0 Å². The SMILES string of the molecule is CCCCc1ccc(CCCCCC(N)CO)cc1. The fourth-order valence-corrected chi connectivity index (χ4v) is 2.26. The Morgan fingerprint density at radius 2 is 1.53 bits per heavy atom.